The zero-order valence-electron chi connectivity index (χ0n) is 18.2. The van der Waals surface area contributed by atoms with Crippen LogP contribution in [0.1, 0.15) is 40.0 Å². The van der Waals surface area contributed by atoms with Crippen LogP contribution in [0.4, 0.5) is 0 Å². The molecule has 0 aliphatic rings. The predicted molar refractivity (Wildman–Crippen MR) is 110 cm³/mol. The molecular weight excluding hydrogens is 428 g/mol. The second kappa shape index (κ2) is 13.2. The fraction of sp³-hybridized carbons (Fsp3) is 0.667. The van der Waals surface area contributed by atoms with E-state index in [1.54, 1.807) is 13.8 Å². The van der Waals surface area contributed by atoms with Gasteiger partial charge in [0.2, 0.25) is 29.5 Å². The molecule has 0 heterocycles. The van der Waals surface area contributed by atoms with Crippen molar-refractivity contribution in [3.8, 4) is 0 Å². The average molecular weight is 460 g/mol. The third-order valence-electron chi connectivity index (χ3n) is 4.37. The molecule has 14 heteroatoms. The number of carboxylic acids is 1. The predicted octanol–water partition coefficient (Wildman–Crippen LogP) is -3.97. The number of aliphatic carboxylic acids is 1. The summed E-state index contributed by atoms with van der Waals surface area (Å²) in [5.41, 5.74) is 15.8. The van der Waals surface area contributed by atoms with Gasteiger partial charge in [-0.3, -0.25) is 24.0 Å². The van der Waals surface area contributed by atoms with Gasteiger partial charge in [0.1, 0.15) is 12.1 Å². The summed E-state index contributed by atoms with van der Waals surface area (Å²) < 4.78 is 0. The molecule has 0 rings (SSSR count). The molecule has 0 aliphatic carbocycles. The fourth-order valence-electron chi connectivity index (χ4n) is 2.54. The number of aliphatic hydroxyl groups is 1. The Labute approximate surface area is 184 Å². The Bertz CT molecular complexity index is 726. The Hall–Kier alpha value is -3.26. The van der Waals surface area contributed by atoms with Crippen LogP contribution in [-0.4, -0.2) is 76.0 Å². The minimum absolute atomic E-state index is 0.0454. The molecule has 0 aromatic rings. The largest absolute Gasteiger partial charge is 0.480 e. The molecule has 14 nitrogen and oxygen atoms in total. The van der Waals surface area contributed by atoms with Gasteiger partial charge in [0.15, 0.2) is 6.04 Å². The van der Waals surface area contributed by atoms with E-state index >= 15 is 0 Å². The smallest absolute Gasteiger partial charge is 0.328 e. The van der Waals surface area contributed by atoms with Gasteiger partial charge in [-0.2, -0.15) is 0 Å². The zero-order chi connectivity index (χ0) is 25.2. The Morgan fingerprint density at radius 1 is 0.812 bits per heavy atom. The highest BCUT2D eigenvalue weighted by Gasteiger charge is 2.33. The van der Waals surface area contributed by atoms with Crippen LogP contribution in [0.2, 0.25) is 0 Å². The first kappa shape index (κ1) is 28.7. The molecule has 0 saturated carbocycles. The van der Waals surface area contributed by atoms with Gasteiger partial charge in [-0.05, 0) is 19.3 Å². The Morgan fingerprint density at radius 3 is 1.75 bits per heavy atom. The van der Waals surface area contributed by atoms with E-state index in [0.29, 0.717) is 0 Å². The number of hydrogen-bond acceptors (Lipinski definition) is 8. The molecule has 0 spiro atoms. The van der Waals surface area contributed by atoms with E-state index in [0.717, 1.165) is 6.92 Å². The second-order valence-electron chi connectivity index (χ2n) is 7.64. The van der Waals surface area contributed by atoms with Crippen molar-refractivity contribution in [1.29, 1.82) is 0 Å². The molecule has 11 N–H and O–H groups in total. The van der Waals surface area contributed by atoms with Gasteiger partial charge in [-0.25, -0.2) is 4.79 Å². The van der Waals surface area contributed by atoms with Crippen LogP contribution >= 0.6 is 0 Å². The minimum Gasteiger partial charge on any atom is -0.480 e. The molecule has 0 fully saturated rings. The van der Waals surface area contributed by atoms with Crippen molar-refractivity contribution in [2.75, 3.05) is 0 Å². The molecule has 0 aromatic heterocycles. The highest BCUT2D eigenvalue weighted by atomic mass is 16.4. The fourth-order valence-corrected chi connectivity index (χ4v) is 2.54. The number of hydrogen-bond donors (Lipinski definition) is 8. The van der Waals surface area contributed by atoms with E-state index in [9.17, 15) is 33.9 Å². The Morgan fingerprint density at radius 2 is 1.34 bits per heavy atom. The highest BCUT2D eigenvalue weighted by molar-refractivity contribution is 5.96. The maximum Gasteiger partial charge on any atom is 0.328 e. The van der Waals surface area contributed by atoms with Gasteiger partial charge in [0.25, 0.3) is 0 Å². The maximum atomic E-state index is 12.7. The summed E-state index contributed by atoms with van der Waals surface area (Å²) in [7, 11) is 0. The second-order valence-corrected chi connectivity index (χ2v) is 7.64. The van der Waals surface area contributed by atoms with Crippen molar-refractivity contribution in [3.05, 3.63) is 0 Å². The number of primary amides is 2. The van der Waals surface area contributed by atoms with E-state index in [1.165, 1.54) is 0 Å². The number of carbonyl (C=O) groups excluding carboxylic acids is 5. The molecule has 5 atom stereocenters. The Balaban J connectivity index is 5.41. The van der Waals surface area contributed by atoms with Crippen LogP contribution < -0.4 is 33.2 Å². The van der Waals surface area contributed by atoms with Gasteiger partial charge in [-0.15, -0.1) is 0 Å². The quantitative estimate of drug-likeness (QED) is 0.125. The molecule has 0 radical (unpaired) electrons. The first-order chi connectivity index (χ1) is 14.7. The van der Waals surface area contributed by atoms with Crippen molar-refractivity contribution in [3.63, 3.8) is 0 Å². The highest BCUT2D eigenvalue weighted by Crippen LogP contribution is 2.06. The van der Waals surface area contributed by atoms with Crippen molar-refractivity contribution in [2.24, 2.45) is 23.1 Å². The number of aliphatic hydroxyl groups excluding tert-OH is 1. The van der Waals surface area contributed by atoms with Gasteiger partial charge in [0, 0.05) is 6.42 Å². The monoisotopic (exact) mass is 460 g/mol. The van der Waals surface area contributed by atoms with Crippen LogP contribution in [0, 0.1) is 5.92 Å². The number of carboxylic acid groups (broad SMARTS) is 1. The number of nitrogens with two attached hydrogens (primary N) is 3. The van der Waals surface area contributed by atoms with E-state index in [2.05, 4.69) is 10.6 Å². The maximum absolute atomic E-state index is 12.7. The van der Waals surface area contributed by atoms with E-state index in [4.69, 9.17) is 22.3 Å². The standard InChI is InChI=1S/C18H32N6O8/c1-7(2)13(23-15(28)9(19)4-5-11(20)26)17(30)22-10(6-12(21)27)16(29)24-14(8(3)25)18(31)32/h7-10,13-14,25H,4-6,19H2,1-3H3,(H2,20,26)(H2,21,27)(H,22,30)(H,23,28)(H,24,29)(H,31,32). The van der Waals surface area contributed by atoms with Crippen molar-refractivity contribution >= 4 is 35.5 Å². The molecular formula is C18H32N6O8. The van der Waals surface area contributed by atoms with E-state index in [1.807, 2.05) is 5.32 Å². The van der Waals surface area contributed by atoms with Crippen molar-refractivity contribution in [1.82, 2.24) is 16.0 Å². The summed E-state index contributed by atoms with van der Waals surface area (Å²) in [6.45, 7) is 4.32. The lowest BCUT2D eigenvalue weighted by Crippen LogP contribution is -2.59. The molecule has 0 aromatic carbocycles. The van der Waals surface area contributed by atoms with Crippen LogP contribution in [0.15, 0.2) is 0 Å². The molecule has 32 heavy (non-hydrogen) atoms. The third-order valence-corrected chi connectivity index (χ3v) is 4.37. The Kier molecular flexibility index (Phi) is 11.9. The van der Waals surface area contributed by atoms with Gasteiger partial charge >= 0.3 is 5.97 Å². The van der Waals surface area contributed by atoms with Gasteiger partial charge in [-0.1, -0.05) is 13.8 Å². The number of amides is 5. The summed E-state index contributed by atoms with van der Waals surface area (Å²) in [6.07, 6.45) is -2.32. The van der Waals surface area contributed by atoms with Gasteiger partial charge < -0.3 is 43.4 Å². The molecule has 5 amide bonds. The average Bonchev–Trinajstić information content (AvgIpc) is 2.65. The van der Waals surface area contributed by atoms with Crippen LogP contribution in [0.3, 0.4) is 0 Å². The lowest BCUT2D eigenvalue weighted by atomic mass is 10.0. The third kappa shape index (κ3) is 10.2. The normalized spacial score (nSPS) is 15.6. The molecule has 0 bridgehead atoms. The first-order valence-electron chi connectivity index (χ1n) is 9.81. The van der Waals surface area contributed by atoms with Gasteiger partial charge in [0.05, 0.1) is 18.6 Å². The summed E-state index contributed by atoms with van der Waals surface area (Å²) in [4.78, 5) is 70.8. The minimum atomic E-state index is -1.70. The molecule has 0 aliphatic heterocycles. The molecule has 182 valence electrons. The summed E-state index contributed by atoms with van der Waals surface area (Å²) >= 11 is 0. The lowest BCUT2D eigenvalue weighted by Gasteiger charge is -2.27. The van der Waals surface area contributed by atoms with E-state index in [-0.39, 0.29) is 12.8 Å². The van der Waals surface area contributed by atoms with Crippen molar-refractivity contribution in [2.45, 2.75) is 70.3 Å². The van der Waals surface area contributed by atoms with Crippen LogP contribution in [0.5, 0.6) is 0 Å². The number of carbonyl (C=O) groups is 6. The summed E-state index contributed by atoms with van der Waals surface area (Å²) in [5, 5.41) is 25.3. The van der Waals surface area contributed by atoms with Crippen LogP contribution in [-0.2, 0) is 28.8 Å². The lowest BCUT2D eigenvalue weighted by molar-refractivity contribution is -0.145. The molecule has 5 unspecified atom stereocenters. The zero-order valence-corrected chi connectivity index (χ0v) is 18.2. The SMILES string of the molecule is CC(C)C(NC(=O)C(N)CCC(N)=O)C(=O)NC(CC(N)=O)C(=O)NC(C(=O)O)C(C)O. The summed E-state index contributed by atoms with van der Waals surface area (Å²) in [5.74, 6) is -6.30. The first-order valence-corrected chi connectivity index (χ1v) is 9.81. The number of nitrogens with one attached hydrogen (secondary N) is 3. The van der Waals surface area contributed by atoms with E-state index < -0.39 is 78.1 Å². The topological polar surface area (TPSA) is 257 Å². The number of rotatable bonds is 14. The summed E-state index contributed by atoms with van der Waals surface area (Å²) in [6, 6.07) is -5.57. The van der Waals surface area contributed by atoms with Crippen LogP contribution in [0.25, 0.3) is 0 Å². The molecule has 0 saturated heterocycles. The van der Waals surface area contributed by atoms with Crippen molar-refractivity contribution < 1.29 is 39.0 Å².